The van der Waals surface area contributed by atoms with Gasteiger partial charge in [0.2, 0.25) is 5.91 Å². The van der Waals surface area contributed by atoms with Crippen LogP contribution in [-0.4, -0.2) is 18.0 Å². The van der Waals surface area contributed by atoms with Crippen LogP contribution in [0.15, 0.2) is 0 Å². The van der Waals surface area contributed by atoms with Gasteiger partial charge in [-0.1, -0.05) is 19.3 Å². The highest BCUT2D eigenvalue weighted by Gasteiger charge is 2.44. The third-order valence-electron chi connectivity index (χ3n) is 4.18. The molecule has 3 nitrogen and oxygen atoms in total. The van der Waals surface area contributed by atoms with Crippen molar-refractivity contribution in [3.8, 4) is 0 Å². The summed E-state index contributed by atoms with van der Waals surface area (Å²) in [5.41, 5.74) is 5.27. The average Bonchev–Trinajstić information content (AvgIpc) is 2.31. The molecule has 1 atom stereocenters. The Morgan fingerprint density at radius 3 is 2.40 bits per heavy atom. The smallest absolute Gasteiger partial charge is 0.238 e. The van der Waals surface area contributed by atoms with Crippen molar-refractivity contribution < 1.29 is 4.79 Å². The molecule has 1 unspecified atom stereocenters. The van der Waals surface area contributed by atoms with Gasteiger partial charge in [-0.15, -0.1) is 0 Å². The maximum atomic E-state index is 11.7. The molecule has 1 saturated carbocycles. The number of hydrogen-bond acceptors (Lipinski definition) is 2. The van der Waals surface area contributed by atoms with Gasteiger partial charge in [0.05, 0.1) is 0 Å². The van der Waals surface area contributed by atoms with Gasteiger partial charge in [0.1, 0.15) is 5.54 Å². The molecule has 1 amide bonds. The van der Waals surface area contributed by atoms with E-state index in [1.807, 2.05) is 0 Å². The first-order valence-electron chi connectivity index (χ1n) is 6.31. The molecular formula is C12H22N2O. The molecule has 0 aromatic heterocycles. The zero-order valence-electron chi connectivity index (χ0n) is 9.43. The van der Waals surface area contributed by atoms with Crippen LogP contribution < -0.4 is 11.1 Å². The number of hydrogen-bond donors (Lipinski definition) is 2. The predicted molar refractivity (Wildman–Crippen MR) is 60.4 cm³/mol. The summed E-state index contributed by atoms with van der Waals surface area (Å²) in [4.78, 5) is 11.7. The van der Waals surface area contributed by atoms with E-state index in [1.54, 1.807) is 0 Å². The lowest BCUT2D eigenvalue weighted by atomic mass is 9.70. The minimum absolute atomic E-state index is 0.117. The van der Waals surface area contributed by atoms with Crippen molar-refractivity contribution in [1.29, 1.82) is 0 Å². The molecule has 2 rings (SSSR count). The van der Waals surface area contributed by atoms with Gasteiger partial charge < -0.3 is 11.1 Å². The molecule has 2 fully saturated rings. The van der Waals surface area contributed by atoms with Crippen LogP contribution in [0.25, 0.3) is 0 Å². The van der Waals surface area contributed by atoms with E-state index in [0.29, 0.717) is 5.92 Å². The second-order valence-electron chi connectivity index (χ2n) is 5.05. The minimum atomic E-state index is -0.362. The highest BCUT2D eigenvalue weighted by molar-refractivity contribution is 5.85. The summed E-state index contributed by atoms with van der Waals surface area (Å²) in [6.45, 7) is 0.958. The van der Waals surface area contributed by atoms with E-state index in [-0.39, 0.29) is 11.4 Å². The number of nitrogens with one attached hydrogen (secondary N) is 1. The molecule has 86 valence electrons. The number of carbonyl (C=O) groups excluding carboxylic acids is 1. The molecular weight excluding hydrogens is 188 g/mol. The molecule has 0 spiro atoms. The van der Waals surface area contributed by atoms with Crippen molar-refractivity contribution in [2.24, 2.45) is 11.7 Å². The maximum absolute atomic E-state index is 11.7. The van der Waals surface area contributed by atoms with E-state index in [0.717, 1.165) is 19.4 Å². The third kappa shape index (κ3) is 2.03. The molecule has 0 aromatic carbocycles. The fraction of sp³-hybridized carbons (Fsp3) is 0.917. The van der Waals surface area contributed by atoms with Crippen LogP contribution in [0.2, 0.25) is 0 Å². The lowest BCUT2D eigenvalue weighted by molar-refractivity contribution is -0.128. The molecule has 1 aliphatic heterocycles. The molecule has 3 N–H and O–H groups in total. The Morgan fingerprint density at radius 1 is 1.13 bits per heavy atom. The first kappa shape index (κ1) is 10.9. The Labute approximate surface area is 91.8 Å². The quantitative estimate of drug-likeness (QED) is 0.727. The number of carbonyl (C=O) groups is 1. The Hall–Kier alpha value is -0.570. The van der Waals surface area contributed by atoms with Crippen LogP contribution in [0.1, 0.15) is 51.4 Å². The summed E-state index contributed by atoms with van der Waals surface area (Å²) in [6, 6.07) is 0. The molecule has 0 aromatic rings. The molecule has 0 bridgehead atoms. The van der Waals surface area contributed by atoms with Crippen LogP contribution in [0.3, 0.4) is 0 Å². The van der Waals surface area contributed by atoms with E-state index >= 15 is 0 Å². The van der Waals surface area contributed by atoms with Gasteiger partial charge in [0.25, 0.3) is 0 Å². The fourth-order valence-corrected chi connectivity index (χ4v) is 3.28. The van der Waals surface area contributed by atoms with Gasteiger partial charge in [0.15, 0.2) is 0 Å². The lowest BCUT2D eigenvalue weighted by Gasteiger charge is -2.43. The van der Waals surface area contributed by atoms with Gasteiger partial charge in [0, 0.05) is 0 Å². The average molecular weight is 210 g/mol. The molecule has 1 saturated heterocycles. The van der Waals surface area contributed by atoms with Gasteiger partial charge in [-0.3, -0.25) is 4.79 Å². The summed E-state index contributed by atoms with van der Waals surface area (Å²) in [5, 5.41) is 3.43. The Kier molecular flexibility index (Phi) is 3.29. The number of rotatable bonds is 2. The second kappa shape index (κ2) is 4.52. The monoisotopic (exact) mass is 210 g/mol. The van der Waals surface area contributed by atoms with Gasteiger partial charge in [-0.25, -0.2) is 0 Å². The van der Waals surface area contributed by atoms with Crippen LogP contribution in [0.5, 0.6) is 0 Å². The van der Waals surface area contributed by atoms with Gasteiger partial charge in [-0.05, 0) is 44.6 Å². The Balaban J connectivity index is 2.12. The number of primary amides is 1. The zero-order valence-corrected chi connectivity index (χ0v) is 9.43. The third-order valence-corrected chi connectivity index (χ3v) is 4.18. The van der Waals surface area contributed by atoms with E-state index in [9.17, 15) is 4.79 Å². The topological polar surface area (TPSA) is 55.1 Å². The zero-order chi connectivity index (χ0) is 10.7. The summed E-state index contributed by atoms with van der Waals surface area (Å²) >= 11 is 0. The Morgan fingerprint density at radius 2 is 1.87 bits per heavy atom. The van der Waals surface area contributed by atoms with E-state index in [2.05, 4.69) is 5.32 Å². The van der Waals surface area contributed by atoms with Crippen molar-refractivity contribution in [3.05, 3.63) is 0 Å². The molecule has 3 heteroatoms. The van der Waals surface area contributed by atoms with Crippen LogP contribution >= 0.6 is 0 Å². The van der Waals surface area contributed by atoms with Crippen molar-refractivity contribution in [3.63, 3.8) is 0 Å². The van der Waals surface area contributed by atoms with Crippen LogP contribution in [0.4, 0.5) is 0 Å². The predicted octanol–water partition coefficient (Wildman–Crippen LogP) is 1.56. The fourth-order valence-electron chi connectivity index (χ4n) is 3.28. The van der Waals surface area contributed by atoms with E-state index in [1.165, 1.54) is 38.5 Å². The summed E-state index contributed by atoms with van der Waals surface area (Å²) in [6.07, 6.45) is 9.49. The van der Waals surface area contributed by atoms with Gasteiger partial charge in [-0.2, -0.15) is 0 Å². The van der Waals surface area contributed by atoms with Crippen molar-refractivity contribution in [2.45, 2.75) is 56.9 Å². The highest BCUT2D eigenvalue weighted by Crippen LogP contribution is 2.37. The second-order valence-corrected chi connectivity index (χ2v) is 5.05. The number of amides is 1. The first-order valence-corrected chi connectivity index (χ1v) is 6.31. The van der Waals surface area contributed by atoms with E-state index in [4.69, 9.17) is 5.73 Å². The number of piperidine rings is 1. The normalized spacial score (nSPS) is 33.9. The molecule has 2 aliphatic rings. The molecule has 1 heterocycles. The SMILES string of the molecule is NC(=O)C1(C2CCCCC2)CCCCN1. The van der Waals surface area contributed by atoms with Crippen LogP contribution in [-0.2, 0) is 4.79 Å². The van der Waals surface area contributed by atoms with E-state index < -0.39 is 0 Å². The molecule has 0 radical (unpaired) electrons. The van der Waals surface area contributed by atoms with Crippen molar-refractivity contribution in [1.82, 2.24) is 5.32 Å². The summed E-state index contributed by atoms with van der Waals surface area (Å²) in [7, 11) is 0. The largest absolute Gasteiger partial charge is 0.368 e. The highest BCUT2D eigenvalue weighted by atomic mass is 16.1. The Bertz CT molecular complexity index is 228. The minimum Gasteiger partial charge on any atom is -0.368 e. The molecule has 1 aliphatic carbocycles. The maximum Gasteiger partial charge on any atom is 0.238 e. The van der Waals surface area contributed by atoms with Crippen molar-refractivity contribution >= 4 is 5.91 Å². The van der Waals surface area contributed by atoms with Crippen LogP contribution in [0, 0.1) is 5.92 Å². The number of nitrogens with two attached hydrogens (primary N) is 1. The standard InChI is InChI=1S/C12H22N2O/c13-11(15)12(8-4-5-9-14-12)10-6-2-1-3-7-10/h10,14H,1-9H2,(H2,13,15). The molecule has 15 heavy (non-hydrogen) atoms. The lowest BCUT2D eigenvalue weighted by Crippen LogP contribution is -2.62. The summed E-state index contributed by atoms with van der Waals surface area (Å²) in [5.74, 6) is 0.373. The summed E-state index contributed by atoms with van der Waals surface area (Å²) < 4.78 is 0. The first-order chi connectivity index (χ1) is 7.26. The van der Waals surface area contributed by atoms with Gasteiger partial charge >= 0.3 is 0 Å². The van der Waals surface area contributed by atoms with Crippen molar-refractivity contribution in [2.75, 3.05) is 6.54 Å².